The van der Waals surface area contributed by atoms with E-state index in [2.05, 4.69) is 20.9 Å². The molecule has 220 valence electrons. The second-order valence-corrected chi connectivity index (χ2v) is 11.4. The molecule has 1 saturated carbocycles. The monoisotopic (exact) mass is 600 g/mol. The van der Waals surface area contributed by atoms with Gasteiger partial charge in [-0.1, -0.05) is 72.4 Å². The first-order valence-corrected chi connectivity index (χ1v) is 15.0. The molecule has 2 aliphatic rings. The first-order chi connectivity index (χ1) is 19.8. The number of ether oxygens (including phenoxy) is 1. The van der Waals surface area contributed by atoms with E-state index in [1.807, 2.05) is 30.3 Å². The molecule has 0 bridgehead atoms. The third kappa shape index (κ3) is 9.30. The van der Waals surface area contributed by atoms with Crippen LogP contribution in [0.1, 0.15) is 43.2 Å². The topological polar surface area (TPSA) is 99.8 Å². The number of morpholine rings is 1. The van der Waals surface area contributed by atoms with Gasteiger partial charge in [0.15, 0.2) is 0 Å². The molecule has 2 aromatic carbocycles. The predicted octanol–water partition coefficient (Wildman–Crippen LogP) is 4.00. The molecule has 3 N–H and O–H groups in total. The Morgan fingerprint density at radius 2 is 1.73 bits per heavy atom. The quantitative estimate of drug-likeness (QED) is 0.252. The Morgan fingerprint density at radius 1 is 1.00 bits per heavy atom. The standard InChI is InChI=1S/C31H38Cl2N4O4/c32-25-11-9-24(21-26(25)33)10-12-28(38)36-31(13-4-5-14-31)30(40)35-27(22-23-7-2-1-3-8-23)29(39)34-15-6-16-37-17-19-41-20-18-37/h1-3,7-12,21,27H,4-6,13-20,22H2,(H,34,39)(H,35,40)(H,36,38). The summed E-state index contributed by atoms with van der Waals surface area (Å²) in [4.78, 5) is 42.3. The molecule has 2 aromatic rings. The highest BCUT2D eigenvalue weighted by Gasteiger charge is 2.43. The molecule has 2 fully saturated rings. The van der Waals surface area contributed by atoms with Gasteiger partial charge in [0.2, 0.25) is 17.7 Å². The Morgan fingerprint density at radius 3 is 2.44 bits per heavy atom. The summed E-state index contributed by atoms with van der Waals surface area (Å²) in [7, 11) is 0. The van der Waals surface area contributed by atoms with Crippen molar-refractivity contribution >= 4 is 47.0 Å². The van der Waals surface area contributed by atoms with Gasteiger partial charge in [-0.05, 0) is 55.1 Å². The van der Waals surface area contributed by atoms with Crippen LogP contribution in [0.4, 0.5) is 0 Å². The minimum atomic E-state index is -1.08. The van der Waals surface area contributed by atoms with Crippen molar-refractivity contribution in [2.45, 2.75) is 50.1 Å². The summed E-state index contributed by atoms with van der Waals surface area (Å²) < 4.78 is 5.39. The second-order valence-electron chi connectivity index (χ2n) is 10.6. The Labute approximate surface area is 251 Å². The van der Waals surface area contributed by atoms with E-state index in [-0.39, 0.29) is 17.7 Å². The highest BCUT2D eigenvalue weighted by molar-refractivity contribution is 6.42. The molecule has 1 unspecified atom stereocenters. The van der Waals surface area contributed by atoms with Crippen LogP contribution in [0.15, 0.2) is 54.6 Å². The van der Waals surface area contributed by atoms with Crippen molar-refractivity contribution in [1.29, 1.82) is 0 Å². The SMILES string of the molecule is O=C(C=Cc1ccc(Cl)c(Cl)c1)NC1(C(=O)NC(Cc2ccccc2)C(=O)NCCCN2CCOCC2)CCCC1. The summed E-state index contributed by atoms with van der Waals surface area (Å²) in [6, 6.07) is 13.9. The zero-order chi connectivity index (χ0) is 29.1. The van der Waals surface area contributed by atoms with E-state index in [4.69, 9.17) is 27.9 Å². The molecule has 0 radical (unpaired) electrons. The fourth-order valence-electron chi connectivity index (χ4n) is 5.27. The first kappa shape index (κ1) is 31.0. The zero-order valence-corrected chi connectivity index (χ0v) is 24.7. The number of nitrogens with zero attached hydrogens (tertiary/aromatic N) is 1. The van der Waals surface area contributed by atoms with Crippen LogP contribution >= 0.6 is 23.2 Å². The maximum atomic E-state index is 13.7. The van der Waals surface area contributed by atoms with Gasteiger partial charge in [-0.2, -0.15) is 0 Å². The largest absolute Gasteiger partial charge is 0.379 e. The number of nitrogens with one attached hydrogen (secondary N) is 3. The summed E-state index contributed by atoms with van der Waals surface area (Å²) in [5.41, 5.74) is 0.577. The lowest BCUT2D eigenvalue weighted by Gasteiger charge is -2.31. The number of hydrogen-bond donors (Lipinski definition) is 3. The summed E-state index contributed by atoms with van der Waals surface area (Å²) in [5, 5.41) is 9.76. The average Bonchev–Trinajstić information content (AvgIpc) is 3.46. The Hall–Kier alpha value is -2.91. The van der Waals surface area contributed by atoms with Gasteiger partial charge in [0, 0.05) is 32.1 Å². The van der Waals surface area contributed by atoms with Crippen LogP contribution in [-0.2, 0) is 25.5 Å². The molecule has 41 heavy (non-hydrogen) atoms. The molecule has 4 rings (SSSR count). The smallest absolute Gasteiger partial charge is 0.246 e. The maximum Gasteiger partial charge on any atom is 0.246 e. The van der Waals surface area contributed by atoms with Gasteiger partial charge >= 0.3 is 0 Å². The van der Waals surface area contributed by atoms with E-state index < -0.39 is 11.6 Å². The van der Waals surface area contributed by atoms with E-state index in [9.17, 15) is 14.4 Å². The number of carbonyl (C=O) groups is 3. The normalized spacial score (nSPS) is 17.7. The van der Waals surface area contributed by atoms with Crippen LogP contribution in [0.25, 0.3) is 6.08 Å². The van der Waals surface area contributed by atoms with Gasteiger partial charge in [0.1, 0.15) is 11.6 Å². The van der Waals surface area contributed by atoms with E-state index in [0.29, 0.717) is 41.4 Å². The third-order valence-corrected chi connectivity index (χ3v) is 8.32. The van der Waals surface area contributed by atoms with E-state index in [1.165, 1.54) is 6.08 Å². The van der Waals surface area contributed by atoms with Crippen molar-refractivity contribution in [2.75, 3.05) is 39.4 Å². The molecule has 1 aliphatic heterocycles. The van der Waals surface area contributed by atoms with Crippen LogP contribution in [0, 0.1) is 0 Å². The third-order valence-electron chi connectivity index (χ3n) is 7.58. The molecule has 1 saturated heterocycles. The van der Waals surface area contributed by atoms with Gasteiger partial charge in [-0.15, -0.1) is 0 Å². The van der Waals surface area contributed by atoms with E-state index >= 15 is 0 Å². The van der Waals surface area contributed by atoms with Crippen molar-refractivity contribution in [2.24, 2.45) is 0 Å². The minimum absolute atomic E-state index is 0.233. The fourth-order valence-corrected chi connectivity index (χ4v) is 5.58. The van der Waals surface area contributed by atoms with Crippen molar-refractivity contribution in [3.8, 4) is 0 Å². The van der Waals surface area contributed by atoms with Gasteiger partial charge in [-0.3, -0.25) is 19.3 Å². The molecular formula is C31H38Cl2N4O4. The highest BCUT2D eigenvalue weighted by Crippen LogP contribution is 2.30. The van der Waals surface area contributed by atoms with E-state index in [0.717, 1.165) is 57.7 Å². The maximum absolute atomic E-state index is 13.7. The van der Waals surface area contributed by atoms with Gasteiger partial charge in [0.25, 0.3) is 0 Å². The Kier molecular flexibility index (Phi) is 11.6. The van der Waals surface area contributed by atoms with Gasteiger partial charge in [-0.25, -0.2) is 0 Å². The van der Waals surface area contributed by atoms with Crippen LogP contribution in [0.3, 0.4) is 0 Å². The van der Waals surface area contributed by atoms with E-state index in [1.54, 1.807) is 24.3 Å². The molecule has 8 nitrogen and oxygen atoms in total. The molecule has 10 heteroatoms. The lowest BCUT2D eigenvalue weighted by molar-refractivity contribution is -0.135. The fraction of sp³-hybridized carbons (Fsp3) is 0.452. The first-order valence-electron chi connectivity index (χ1n) is 14.2. The molecular weight excluding hydrogens is 563 g/mol. The molecule has 1 aliphatic carbocycles. The predicted molar refractivity (Wildman–Crippen MR) is 162 cm³/mol. The molecule has 3 amide bonds. The summed E-state index contributed by atoms with van der Waals surface area (Å²) in [6.45, 7) is 4.67. The van der Waals surface area contributed by atoms with Crippen LogP contribution in [-0.4, -0.2) is 73.6 Å². The summed E-state index contributed by atoms with van der Waals surface area (Å²) in [6.07, 6.45) is 6.79. The van der Waals surface area contributed by atoms with Crippen molar-refractivity contribution in [3.63, 3.8) is 0 Å². The van der Waals surface area contributed by atoms with Crippen molar-refractivity contribution < 1.29 is 19.1 Å². The number of benzene rings is 2. The molecule has 0 aromatic heterocycles. The van der Waals surface area contributed by atoms with Crippen LogP contribution < -0.4 is 16.0 Å². The van der Waals surface area contributed by atoms with Crippen molar-refractivity contribution in [3.05, 3.63) is 75.8 Å². The number of hydrogen-bond acceptors (Lipinski definition) is 5. The zero-order valence-electron chi connectivity index (χ0n) is 23.2. The number of halogens is 2. The lowest BCUT2D eigenvalue weighted by Crippen LogP contribution is -2.61. The van der Waals surface area contributed by atoms with Crippen molar-refractivity contribution in [1.82, 2.24) is 20.9 Å². The molecule has 1 atom stereocenters. The minimum Gasteiger partial charge on any atom is -0.379 e. The number of amides is 3. The number of rotatable bonds is 12. The Balaban J connectivity index is 1.39. The Bertz CT molecular complexity index is 1210. The van der Waals surface area contributed by atoms with Crippen LogP contribution in [0.2, 0.25) is 10.0 Å². The highest BCUT2D eigenvalue weighted by atomic mass is 35.5. The molecule has 0 spiro atoms. The lowest BCUT2D eigenvalue weighted by atomic mass is 9.94. The summed E-state index contributed by atoms with van der Waals surface area (Å²) in [5.74, 6) is -0.959. The molecule has 1 heterocycles. The van der Waals surface area contributed by atoms with Gasteiger partial charge < -0.3 is 20.7 Å². The van der Waals surface area contributed by atoms with Gasteiger partial charge in [0.05, 0.1) is 23.3 Å². The average molecular weight is 602 g/mol. The summed E-state index contributed by atoms with van der Waals surface area (Å²) >= 11 is 12.1. The second kappa shape index (κ2) is 15.4. The van der Waals surface area contributed by atoms with Crippen LogP contribution in [0.5, 0.6) is 0 Å². The number of carbonyl (C=O) groups excluding carboxylic acids is 3.